The molecule has 1 aromatic heterocycles. The van der Waals surface area contributed by atoms with Gasteiger partial charge in [0.2, 0.25) is 5.78 Å². The highest BCUT2D eigenvalue weighted by molar-refractivity contribution is 7.22. The topological polar surface area (TPSA) is 76.6 Å². The number of fused-ring (bicyclic) bond motifs is 1. The van der Waals surface area contributed by atoms with Gasteiger partial charge < -0.3 is 4.74 Å². The van der Waals surface area contributed by atoms with Crippen LogP contribution in [0.2, 0.25) is 0 Å². The van der Waals surface area contributed by atoms with Crippen LogP contribution in [0.5, 0.6) is 5.75 Å². The molecule has 1 aliphatic heterocycles. The quantitative estimate of drug-likeness (QED) is 0.246. The first kappa shape index (κ1) is 21.0. The number of anilines is 1. The zero-order chi connectivity index (χ0) is 23.1. The summed E-state index contributed by atoms with van der Waals surface area (Å²) in [4.78, 5) is 46.0. The molecule has 33 heavy (non-hydrogen) atoms. The van der Waals surface area contributed by atoms with Gasteiger partial charge in [-0.25, -0.2) is 4.98 Å². The van der Waals surface area contributed by atoms with E-state index in [4.69, 9.17) is 4.74 Å². The number of aromatic nitrogens is 1. The minimum Gasteiger partial charge on any atom is -0.497 e. The SMILES string of the molecule is COc1ccc(C2C(C(=O)c3ccccc3)C(=O)C(=O)N2c2nc3ccc(C)cc3s2)cc1. The van der Waals surface area contributed by atoms with Crippen molar-refractivity contribution in [2.75, 3.05) is 12.0 Å². The lowest BCUT2D eigenvalue weighted by Crippen LogP contribution is -2.30. The predicted octanol–water partition coefficient (Wildman–Crippen LogP) is 4.77. The van der Waals surface area contributed by atoms with E-state index in [1.165, 1.54) is 16.2 Å². The van der Waals surface area contributed by atoms with Crippen molar-refractivity contribution in [1.82, 2.24) is 4.98 Å². The van der Waals surface area contributed by atoms with E-state index in [-0.39, 0.29) is 5.78 Å². The summed E-state index contributed by atoms with van der Waals surface area (Å²) < 4.78 is 6.17. The number of ketones is 2. The molecule has 2 heterocycles. The fourth-order valence-corrected chi connectivity index (χ4v) is 5.28. The Kier molecular flexibility index (Phi) is 5.26. The fourth-order valence-electron chi connectivity index (χ4n) is 4.19. The summed E-state index contributed by atoms with van der Waals surface area (Å²) >= 11 is 1.34. The Morgan fingerprint density at radius 1 is 1.00 bits per heavy atom. The number of nitrogens with zero attached hydrogens (tertiary/aromatic N) is 2. The number of thiazole rings is 1. The molecule has 6 nitrogen and oxygen atoms in total. The van der Waals surface area contributed by atoms with Crippen molar-refractivity contribution in [2.24, 2.45) is 5.92 Å². The van der Waals surface area contributed by atoms with Gasteiger partial charge in [-0.2, -0.15) is 0 Å². The summed E-state index contributed by atoms with van der Waals surface area (Å²) in [5, 5.41) is 0.401. The van der Waals surface area contributed by atoms with Crippen LogP contribution in [-0.2, 0) is 9.59 Å². The van der Waals surface area contributed by atoms with E-state index >= 15 is 0 Å². The third-order valence-electron chi connectivity index (χ3n) is 5.84. The van der Waals surface area contributed by atoms with Crippen molar-refractivity contribution in [2.45, 2.75) is 13.0 Å². The largest absolute Gasteiger partial charge is 0.497 e. The number of amides is 1. The molecular formula is C26H20N2O4S. The highest BCUT2D eigenvalue weighted by atomic mass is 32.1. The van der Waals surface area contributed by atoms with Crippen molar-refractivity contribution in [3.63, 3.8) is 0 Å². The first-order chi connectivity index (χ1) is 16.0. The minimum absolute atomic E-state index is 0.380. The third kappa shape index (κ3) is 3.60. The molecule has 2 atom stereocenters. The zero-order valence-electron chi connectivity index (χ0n) is 18.0. The summed E-state index contributed by atoms with van der Waals surface area (Å²) in [6, 6.07) is 20.7. The van der Waals surface area contributed by atoms with Gasteiger partial charge in [0.05, 0.1) is 23.4 Å². The molecule has 1 saturated heterocycles. The molecule has 7 heteroatoms. The van der Waals surface area contributed by atoms with Gasteiger partial charge in [0, 0.05) is 5.56 Å². The second-order valence-electron chi connectivity index (χ2n) is 7.93. The summed E-state index contributed by atoms with van der Waals surface area (Å²) in [5.74, 6) is -2.35. The molecule has 0 bridgehead atoms. The summed E-state index contributed by atoms with van der Waals surface area (Å²) in [6.45, 7) is 1.98. The number of rotatable bonds is 5. The van der Waals surface area contributed by atoms with Crippen LogP contribution in [-0.4, -0.2) is 29.6 Å². The van der Waals surface area contributed by atoms with E-state index in [0.29, 0.717) is 22.0 Å². The van der Waals surface area contributed by atoms with Crippen LogP contribution in [0.3, 0.4) is 0 Å². The van der Waals surface area contributed by atoms with Crippen LogP contribution in [0.15, 0.2) is 72.8 Å². The number of benzene rings is 3. The molecule has 3 aromatic carbocycles. The second-order valence-corrected chi connectivity index (χ2v) is 8.94. The third-order valence-corrected chi connectivity index (χ3v) is 6.86. The molecular weight excluding hydrogens is 436 g/mol. The van der Waals surface area contributed by atoms with E-state index in [1.54, 1.807) is 61.7 Å². The van der Waals surface area contributed by atoms with Crippen molar-refractivity contribution in [1.29, 1.82) is 0 Å². The predicted molar refractivity (Wildman–Crippen MR) is 127 cm³/mol. The van der Waals surface area contributed by atoms with E-state index in [2.05, 4.69) is 4.98 Å². The van der Waals surface area contributed by atoms with Gasteiger partial charge >= 0.3 is 0 Å². The number of ether oxygens (including phenoxy) is 1. The Morgan fingerprint density at radius 2 is 1.73 bits per heavy atom. The molecule has 1 amide bonds. The average Bonchev–Trinajstić information content (AvgIpc) is 3.37. The molecule has 164 valence electrons. The second kappa shape index (κ2) is 8.26. The normalized spacial score (nSPS) is 18.2. The summed E-state index contributed by atoms with van der Waals surface area (Å²) in [5.41, 5.74) is 2.88. The lowest BCUT2D eigenvalue weighted by atomic mass is 9.86. The van der Waals surface area contributed by atoms with Crippen molar-refractivity contribution in [3.05, 3.63) is 89.5 Å². The molecule has 1 fully saturated rings. The number of hydrogen-bond acceptors (Lipinski definition) is 6. The van der Waals surface area contributed by atoms with E-state index < -0.39 is 23.7 Å². The molecule has 0 spiro atoms. The lowest BCUT2D eigenvalue weighted by molar-refractivity contribution is -0.135. The number of Topliss-reactive ketones (excluding diaryl/α,β-unsaturated/α-hetero) is 2. The maximum atomic E-state index is 13.5. The van der Waals surface area contributed by atoms with Crippen molar-refractivity contribution in [3.8, 4) is 5.75 Å². The Labute approximate surface area is 194 Å². The monoisotopic (exact) mass is 456 g/mol. The lowest BCUT2D eigenvalue weighted by Gasteiger charge is -2.25. The number of hydrogen-bond donors (Lipinski definition) is 0. The molecule has 0 radical (unpaired) electrons. The number of carbonyl (C=O) groups excluding carboxylic acids is 3. The van der Waals surface area contributed by atoms with Gasteiger partial charge in [0.15, 0.2) is 10.9 Å². The highest BCUT2D eigenvalue weighted by Gasteiger charge is 2.53. The Bertz CT molecular complexity index is 1380. The summed E-state index contributed by atoms with van der Waals surface area (Å²) in [6.07, 6.45) is 0. The fraction of sp³-hybridized carbons (Fsp3) is 0.154. The zero-order valence-corrected chi connectivity index (χ0v) is 18.8. The van der Waals surface area contributed by atoms with Gasteiger partial charge in [-0.05, 0) is 42.3 Å². The number of aryl methyl sites for hydroxylation is 1. The summed E-state index contributed by atoms with van der Waals surface area (Å²) in [7, 11) is 1.56. The molecule has 5 rings (SSSR count). The standard InChI is InChI=1S/C26H20N2O4S/c1-15-8-13-19-20(14-15)33-26(27-19)28-22(16-9-11-18(32-2)12-10-16)21(24(30)25(28)31)23(29)17-6-4-3-5-7-17/h3-14,21-22H,1-2H3. The van der Waals surface area contributed by atoms with Gasteiger partial charge in [-0.1, -0.05) is 59.9 Å². The maximum Gasteiger partial charge on any atom is 0.297 e. The Hall–Kier alpha value is -3.84. The van der Waals surface area contributed by atoms with Gasteiger partial charge in [-0.3, -0.25) is 19.3 Å². The molecule has 2 unspecified atom stereocenters. The van der Waals surface area contributed by atoms with Crippen molar-refractivity contribution < 1.29 is 19.1 Å². The van der Waals surface area contributed by atoms with Crippen molar-refractivity contribution >= 4 is 44.2 Å². The smallest absolute Gasteiger partial charge is 0.297 e. The van der Waals surface area contributed by atoms with Gasteiger partial charge in [0.25, 0.3) is 5.91 Å². The van der Waals surface area contributed by atoms with Crippen LogP contribution in [0.25, 0.3) is 10.2 Å². The number of methoxy groups -OCH3 is 1. The van der Waals surface area contributed by atoms with Crippen LogP contribution < -0.4 is 9.64 Å². The van der Waals surface area contributed by atoms with Crippen LogP contribution in [0.1, 0.15) is 27.5 Å². The van der Waals surface area contributed by atoms with E-state index in [0.717, 1.165) is 15.8 Å². The van der Waals surface area contributed by atoms with E-state index in [9.17, 15) is 14.4 Å². The highest BCUT2D eigenvalue weighted by Crippen LogP contribution is 2.44. The van der Waals surface area contributed by atoms with Gasteiger partial charge in [-0.15, -0.1) is 0 Å². The Balaban J connectivity index is 1.66. The molecule has 0 saturated carbocycles. The first-order valence-electron chi connectivity index (χ1n) is 10.5. The maximum absolute atomic E-state index is 13.5. The van der Waals surface area contributed by atoms with Crippen LogP contribution >= 0.6 is 11.3 Å². The number of carbonyl (C=O) groups is 3. The molecule has 1 aliphatic rings. The van der Waals surface area contributed by atoms with Crippen LogP contribution in [0.4, 0.5) is 5.13 Å². The van der Waals surface area contributed by atoms with Gasteiger partial charge in [0.1, 0.15) is 11.7 Å². The van der Waals surface area contributed by atoms with Crippen LogP contribution in [0, 0.1) is 12.8 Å². The molecule has 4 aromatic rings. The first-order valence-corrected chi connectivity index (χ1v) is 11.3. The average molecular weight is 457 g/mol. The molecule has 0 N–H and O–H groups in total. The van der Waals surface area contributed by atoms with E-state index in [1.807, 2.05) is 25.1 Å². The Morgan fingerprint density at radius 3 is 2.42 bits per heavy atom. The molecule has 0 aliphatic carbocycles. The minimum atomic E-state index is -1.16.